The van der Waals surface area contributed by atoms with E-state index < -0.39 is 8.32 Å². The number of hydrogen-bond acceptors (Lipinski definition) is 1. The zero-order valence-electron chi connectivity index (χ0n) is 9.78. The molecule has 0 aromatic carbocycles. The molecule has 0 rings (SSSR count). The van der Waals surface area contributed by atoms with Crippen LogP contribution >= 0.6 is 22.6 Å². The van der Waals surface area contributed by atoms with Gasteiger partial charge in [0, 0.05) is 0 Å². The molecule has 0 spiro atoms. The van der Waals surface area contributed by atoms with E-state index in [1.165, 1.54) is 12.8 Å². The average Bonchev–Trinajstić information content (AvgIpc) is 1.83. The van der Waals surface area contributed by atoms with Gasteiger partial charge in [-0.3, -0.25) is 0 Å². The van der Waals surface area contributed by atoms with E-state index in [9.17, 15) is 0 Å². The van der Waals surface area contributed by atoms with Crippen LogP contribution in [0.25, 0.3) is 0 Å². The van der Waals surface area contributed by atoms with Gasteiger partial charge in [0.05, 0.1) is 4.11 Å². The third kappa shape index (κ3) is 4.79. The van der Waals surface area contributed by atoms with Crippen LogP contribution in [0.2, 0.25) is 18.1 Å². The monoisotopic (exact) mass is 314 g/mol. The van der Waals surface area contributed by atoms with E-state index >= 15 is 0 Å². The Bertz CT molecular complexity index is 151. The minimum Gasteiger partial charge on any atom is -0.405 e. The molecule has 0 aliphatic heterocycles. The minimum absolute atomic E-state index is 0.337. The molecule has 0 N–H and O–H groups in total. The first-order chi connectivity index (χ1) is 5.70. The summed E-state index contributed by atoms with van der Waals surface area (Å²) < 4.78 is 6.57. The fourth-order valence-electron chi connectivity index (χ4n) is 0.782. The lowest BCUT2D eigenvalue weighted by molar-refractivity contribution is 0.264. The van der Waals surface area contributed by atoms with Crippen molar-refractivity contribution in [1.29, 1.82) is 0 Å². The Balaban J connectivity index is 4.17. The van der Waals surface area contributed by atoms with Gasteiger partial charge in [-0.2, -0.15) is 0 Å². The molecule has 3 heteroatoms. The summed E-state index contributed by atoms with van der Waals surface area (Å²) in [7, 11) is -1.51. The van der Waals surface area contributed by atoms with Gasteiger partial charge >= 0.3 is 0 Å². The Labute approximate surface area is 97.9 Å². The standard InChI is InChI=1S/C10H23IOSi/c1-7-8-9(11)12-13(5,6)10(2,3)4/h9H,7-8H2,1-6H3. The van der Waals surface area contributed by atoms with Crippen LogP contribution in [0.15, 0.2) is 0 Å². The zero-order chi connectivity index (χ0) is 10.7. The van der Waals surface area contributed by atoms with Crippen molar-refractivity contribution < 1.29 is 4.43 Å². The predicted octanol–water partition coefficient (Wildman–Crippen LogP) is 4.57. The Morgan fingerprint density at radius 2 is 1.77 bits per heavy atom. The quantitative estimate of drug-likeness (QED) is 0.419. The molecule has 0 aromatic heterocycles. The first kappa shape index (κ1) is 13.9. The van der Waals surface area contributed by atoms with Crippen LogP contribution in [0.5, 0.6) is 0 Å². The van der Waals surface area contributed by atoms with Crippen LogP contribution in [0.3, 0.4) is 0 Å². The third-order valence-electron chi connectivity index (χ3n) is 2.74. The van der Waals surface area contributed by atoms with Gasteiger partial charge in [0.25, 0.3) is 0 Å². The first-order valence-corrected chi connectivity index (χ1v) is 9.18. The molecule has 80 valence electrons. The summed E-state index contributed by atoms with van der Waals surface area (Å²) in [5, 5.41) is 0.337. The van der Waals surface area contributed by atoms with E-state index in [4.69, 9.17) is 4.43 Å². The van der Waals surface area contributed by atoms with Crippen molar-refractivity contribution in [1.82, 2.24) is 0 Å². The fraction of sp³-hybridized carbons (Fsp3) is 1.00. The van der Waals surface area contributed by atoms with Gasteiger partial charge in [0.15, 0.2) is 8.32 Å². The molecule has 0 bridgehead atoms. The molecule has 1 atom stereocenters. The lowest BCUT2D eigenvalue weighted by atomic mass is 10.2. The predicted molar refractivity (Wildman–Crippen MR) is 71.0 cm³/mol. The maximum absolute atomic E-state index is 6.17. The van der Waals surface area contributed by atoms with Crippen molar-refractivity contribution in [3.63, 3.8) is 0 Å². The largest absolute Gasteiger partial charge is 0.405 e. The van der Waals surface area contributed by atoms with E-state index in [2.05, 4.69) is 63.4 Å². The van der Waals surface area contributed by atoms with Crippen molar-refractivity contribution in [2.75, 3.05) is 0 Å². The molecular formula is C10H23IOSi. The molecule has 1 unspecified atom stereocenters. The molecule has 0 saturated heterocycles. The number of halogens is 1. The van der Waals surface area contributed by atoms with Gasteiger partial charge in [0.2, 0.25) is 0 Å². The van der Waals surface area contributed by atoms with Crippen molar-refractivity contribution in [3.05, 3.63) is 0 Å². The van der Waals surface area contributed by atoms with E-state index in [1.807, 2.05) is 0 Å². The molecular weight excluding hydrogens is 291 g/mol. The Kier molecular flexibility index (Phi) is 5.48. The van der Waals surface area contributed by atoms with Crippen molar-refractivity contribution in [3.8, 4) is 0 Å². The Morgan fingerprint density at radius 1 is 1.31 bits per heavy atom. The lowest BCUT2D eigenvalue weighted by Crippen LogP contribution is -2.42. The average molecular weight is 314 g/mol. The van der Waals surface area contributed by atoms with E-state index in [0.717, 1.165) is 0 Å². The molecule has 1 nitrogen and oxygen atoms in total. The molecule has 0 fully saturated rings. The van der Waals surface area contributed by atoms with Crippen molar-refractivity contribution >= 4 is 30.9 Å². The summed E-state index contributed by atoms with van der Waals surface area (Å²) in [5.74, 6) is 0. The smallest absolute Gasteiger partial charge is 0.193 e. The second-order valence-corrected chi connectivity index (χ2v) is 11.2. The normalized spacial score (nSPS) is 15.9. The van der Waals surface area contributed by atoms with Crippen LogP contribution < -0.4 is 0 Å². The van der Waals surface area contributed by atoms with Gasteiger partial charge in [0.1, 0.15) is 0 Å². The SMILES string of the molecule is CCCC(I)O[Si](C)(C)C(C)(C)C. The highest BCUT2D eigenvalue weighted by Gasteiger charge is 2.38. The summed E-state index contributed by atoms with van der Waals surface area (Å²) in [4.78, 5) is 0. The molecule has 13 heavy (non-hydrogen) atoms. The van der Waals surface area contributed by atoms with Crippen LogP contribution in [-0.4, -0.2) is 12.4 Å². The second kappa shape index (κ2) is 5.12. The van der Waals surface area contributed by atoms with Crippen LogP contribution in [0, 0.1) is 0 Å². The van der Waals surface area contributed by atoms with Gasteiger partial charge in [-0.25, -0.2) is 0 Å². The summed E-state index contributed by atoms with van der Waals surface area (Å²) >= 11 is 2.42. The van der Waals surface area contributed by atoms with Crippen LogP contribution in [-0.2, 0) is 4.43 Å². The highest BCUT2D eigenvalue weighted by molar-refractivity contribution is 14.1. The maximum atomic E-state index is 6.17. The molecule has 0 radical (unpaired) electrons. The second-order valence-electron chi connectivity index (χ2n) is 5.08. The molecule has 0 aliphatic carbocycles. The highest BCUT2D eigenvalue weighted by atomic mass is 127. The number of rotatable bonds is 4. The molecule has 0 aliphatic rings. The van der Waals surface area contributed by atoms with Gasteiger partial charge in [-0.15, -0.1) is 0 Å². The van der Waals surface area contributed by atoms with Crippen LogP contribution in [0.1, 0.15) is 40.5 Å². The van der Waals surface area contributed by atoms with Gasteiger partial charge in [-0.1, -0.05) is 56.7 Å². The zero-order valence-corrected chi connectivity index (χ0v) is 12.9. The van der Waals surface area contributed by atoms with Crippen molar-refractivity contribution in [2.24, 2.45) is 0 Å². The fourth-order valence-corrected chi connectivity index (χ4v) is 4.42. The maximum Gasteiger partial charge on any atom is 0.193 e. The Hall–Kier alpha value is 0.907. The van der Waals surface area contributed by atoms with E-state index in [-0.39, 0.29) is 0 Å². The van der Waals surface area contributed by atoms with Gasteiger partial charge in [-0.05, 0) is 24.6 Å². The van der Waals surface area contributed by atoms with E-state index in [0.29, 0.717) is 9.15 Å². The third-order valence-corrected chi connectivity index (χ3v) is 8.59. The molecule has 0 saturated carbocycles. The topological polar surface area (TPSA) is 9.23 Å². The molecule has 0 amide bonds. The molecule has 0 heterocycles. The first-order valence-electron chi connectivity index (χ1n) is 5.02. The number of alkyl halides is 1. The summed E-state index contributed by atoms with van der Waals surface area (Å²) in [6.07, 6.45) is 2.38. The molecule has 0 aromatic rings. The van der Waals surface area contributed by atoms with E-state index in [1.54, 1.807) is 0 Å². The number of hydrogen-bond donors (Lipinski definition) is 0. The van der Waals surface area contributed by atoms with Crippen LogP contribution in [0.4, 0.5) is 0 Å². The Morgan fingerprint density at radius 3 is 2.08 bits per heavy atom. The highest BCUT2D eigenvalue weighted by Crippen LogP contribution is 2.38. The summed E-state index contributed by atoms with van der Waals surface area (Å²) in [5.41, 5.74) is 0. The van der Waals surface area contributed by atoms with Gasteiger partial charge < -0.3 is 4.43 Å². The van der Waals surface area contributed by atoms with Crippen molar-refractivity contribution in [2.45, 2.75) is 62.8 Å². The minimum atomic E-state index is -1.51. The summed E-state index contributed by atoms with van der Waals surface area (Å²) in [6, 6.07) is 0. The summed E-state index contributed by atoms with van der Waals surface area (Å²) in [6.45, 7) is 13.7. The lowest BCUT2D eigenvalue weighted by Gasteiger charge is -2.37.